The third-order valence-corrected chi connectivity index (χ3v) is 4.64. The molecule has 1 N–H and O–H groups in total. The van der Waals surface area contributed by atoms with E-state index in [1.807, 2.05) is 25.3 Å². The Balaban J connectivity index is 1.48. The summed E-state index contributed by atoms with van der Waals surface area (Å²) in [5.74, 6) is -0.247. The molecule has 0 atom stereocenters. The van der Waals surface area contributed by atoms with Gasteiger partial charge in [0, 0.05) is 29.5 Å². The summed E-state index contributed by atoms with van der Waals surface area (Å²) < 4.78 is 1.72. The van der Waals surface area contributed by atoms with E-state index >= 15 is 0 Å². The second-order valence-electron chi connectivity index (χ2n) is 5.76. The zero-order valence-electron chi connectivity index (χ0n) is 14.2. The minimum absolute atomic E-state index is 0.247. The zero-order chi connectivity index (χ0) is 18.1. The van der Waals surface area contributed by atoms with Crippen LogP contribution in [0.2, 0.25) is 0 Å². The maximum absolute atomic E-state index is 12.4. The number of aromatic nitrogens is 6. The number of amides is 1. The first-order valence-electron chi connectivity index (χ1n) is 7.93. The summed E-state index contributed by atoms with van der Waals surface area (Å²) in [6.45, 7) is 4.11. The first kappa shape index (κ1) is 16.3. The van der Waals surface area contributed by atoms with Crippen molar-refractivity contribution >= 4 is 22.9 Å². The van der Waals surface area contributed by atoms with Crippen molar-refractivity contribution in [2.75, 3.05) is 0 Å². The van der Waals surface area contributed by atoms with Crippen LogP contribution in [0.4, 0.5) is 0 Å². The van der Waals surface area contributed by atoms with Crippen molar-refractivity contribution in [2.24, 2.45) is 0 Å². The Morgan fingerprint density at radius 3 is 2.92 bits per heavy atom. The van der Waals surface area contributed by atoms with Crippen LogP contribution in [-0.2, 0) is 6.54 Å². The molecule has 8 nitrogen and oxygen atoms in total. The lowest BCUT2D eigenvalue weighted by Gasteiger charge is -2.05. The Kier molecular flexibility index (Phi) is 4.13. The van der Waals surface area contributed by atoms with Gasteiger partial charge in [0.1, 0.15) is 16.4 Å². The van der Waals surface area contributed by atoms with Gasteiger partial charge >= 0.3 is 0 Å². The smallest absolute Gasteiger partial charge is 0.270 e. The van der Waals surface area contributed by atoms with Crippen molar-refractivity contribution in [3.63, 3.8) is 0 Å². The Bertz CT molecular complexity index is 1090. The van der Waals surface area contributed by atoms with Gasteiger partial charge < -0.3 is 5.32 Å². The van der Waals surface area contributed by atoms with Crippen LogP contribution in [0.15, 0.2) is 36.1 Å². The molecule has 4 heterocycles. The fraction of sp³-hybridized carbons (Fsp3) is 0.176. The minimum atomic E-state index is -0.247. The number of aryl methyl sites for hydroxylation is 2. The number of fused-ring (bicyclic) bond motifs is 1. The highest BCUT2D eigenvalue weighted by Gasteiger charge is 2.13. The van der Waals surface area contributed by atoms with Gasteiger partial charge in [-0.2, -0.15) is 5.10 Å². The SMILES string of the molecule is Cc1cc2nc(C(=O)NCc3csc(-c4cnccn4)n3)cc(C)n2n1. The van der Waals surface area contributed by atoms with Crippen molar-refractivity contribution in [1.29, 1.82) is 0 Å². The van der Waals surface area contributed by atoms with E-state index < -0.39 is 0 Å². The van der Waals surface area contributed by atoms with Crippen LogP contribution in [0.25, 0.3) is 16.3 Å². The number of rotatable bonds is 4. The van der Waals surface area contributed by atoms with Crippen molar-refractivity contribution in [3.8, 4) is 10.7 Å². The molecule has 0 aliphatic carbocycles. The van der Waals surface area contributed by atoms with Crippen molar-refractivity contribution < 1.29 is 4.79 Å². The standard InChI is InChI=1S/C17H15N7OS/c1-10-5-15-22-13(6-11(2)24(15)23-10)16(25)20-7-12-9-26-17(21-12)14-8-18-3-4-19-14/h3-6,8-9H,7H2,1-2H3,(H,20,25). The van der Waals surface area contributed by atoms with Crippen LogP contribution in [0, 0.1) is 13.8 Å². The zero-order valence-corrected chi connectivity index (χ0v) is 15.0. The number of nitrogens with zero attached hydrogens (tertiary/aromatic N) is 6. The monoisotopic (exact) mass is 365 g/mol. The average Bonchev–Trinajstić information content (AvgIpc) is 3.26. The van der Waals surface area contributed by atoms with E-state index in [1.54, 1.807) is 29.2 Å². The molecule has 4 aromatic rings. The number of thiazole rings is 1. The van der Waals surface area contributed by atoms with Crippen LogP contribution >= 0.6 is 11.3 Å². The van der Waals surface area contributed by atoms with Gasteiger partial charge in [-0.3, -0.25) is 14.8 Å². The Labute approximate surface area is 153 Å². The molecule has 0 saturated carbocycles. The predicted molar refractivity (Wildman–Crippen MR) is 96.8 cm³/mol. The Hall–Kier alpha value is -3.20. The first-order valence-corrected chi connectivity index (χ1v) is 8.81. The molecular weight excluding hydrogens is 350 g/mol. The van der Waals surface area contributed by atoms with Gasteiger partial charge in [-0.1, -0.05) is 0 Å². The number of hydrogen-bond acceptors (Lipinski definition) is 7. The number of hydrogen-bond donors (Lipinski definition) is 1. The summed E-state index contributed by atoms with van der Waals surface area (Å²) in [4.78, 5) is 29.6. The molecule has 4 aromatic heterocycles. The largest absolute Gasteiger partial charge is 0.345 e. The summed E-state index contributed by atoms with van der Waals surface area (Å²) in [5.41, 5.74) is 4.21. The van der Waals surface area contributed by atoms with Crippen LogP contribution in [0.5, 0.6) is 0 Å². The molecule has 0 saturated heterocycles. The number of carbonyl (C=O) groups is 1. The van der Waals surface area contributed by atoms with Crippen LogP contribution in [-0.4, -0.2) is 35.5 Å². The van der Waals surface area contributed by atoms with E-state index in [4.69, 9.17) is 0 Å². The fourth-order valence-corrected chi connectivity index (χ4v) is 3.31. The van der Waals surface area contributed by atoms with Gasteiger partial charge in [0.25, 0.3) is 5.91 Å². The lowest BCUT2D eigenvalue weighted by atomic mass is 10.3. The van der Waals surface area contributed by atoms with Crippen LogP contribution in [0.1, 0.15) is 27.6 Å². The molecule has 0 radical (unpaired) electrons. The maximum Gasteiger partial charge on any atom is 0.270 e. The van der Waals surface area contributed by atoms with Crippen LogP contribution < -0.4 is 5.32 Å². The molecule has 1 amide bonds. The second kappa shape index (κ2) is 6.60. The van der Waals surface area contributed by atoms with Gasteiger partial charge in [0.05, 0.1) is 24.1 Å². The molecule has 26 heavy (non-hydrogen) atoms. The van der Waals surface area contributed by atoms with Gasteiger partial charge in [-0.15, -0.1) is 11.3 Å². The molecule has 0 aliphatic heterocycles. The lowest BCUT2D eigenvalue weighted by Crippen LogP contribution is -2.24. The molecule has 0 spiro atoms. The number of nitrogens with one attached hydrogen (secondary N) is 1. The Morgan fingerprint density at radius 2 is 2.12 bits per heavy atom. The highest BCUT2D eigenvalue weighted by atomic mass is 32.1. The third-order valence-electron chi connectivity index (χ3n) is 3.72. The van der Waals surface area contributed by atoms with E-state index in [-0.39, 0.29) is 5.91 Å². The molecule has 0 aliphatic rings. The molecule has 9 heteroatoms. The molecule has 0 fully saturated rings. The molecule has 0 unspecified atom stereocenters. The van der Waals surface area contributed by atoms with E-state index in [0.717, 1.165) is 22.1 Å². The molecule has 0 bridgehead atoms. The summed E-state index contributed by atoms with van der Waals surface area (Å²) in [7, 11) is 0. The average molecular weight is 365 g/mol. The fourth-order valence-electron chi connectivity index (χ4n) is 2.53. The molecule has 4 rings (SSSR count). The Morgan fingerprint density at radius 1 is 1.23 bits per heavy atom. The minimum Gasteiger partial charge on any atom is -0.345 e. The highest BCUT2D eigenvalue weighted by molar-refractivity contribution is 7.13. The van der Waals surface area contributed by atoms with E-state index in [1.165, 1.54) is 11.3 Å². The van der Waals surface area contributed by atoms with Crippen LogP contribution in [0.3, 0.4) is 0 Å². The normalized spacial score (nSPS) is 11.0. The molecular formula is C17H15N7OS. The van der Waals surface area contributed by atoms with E-state index in [0.29, 0.717) is 23.6 Å². The summed E-state index contributed by atoms with van der Waals surface area (Å²) in [6.07, 6.45) is 4.91. The summed E-state index contributed by atoms with van der Waals surface area (Å²) in [5, 5.41) is 9.86. The summed E-state index contributed by atoms with van der Waals surface area (Å²) >= 11 is 1.47. The summed E-state index contributed by atoms with van der Waals surface area (Å²) in [6, 6.07) is 3.57. The quantitative estimate of drug-likeness (QED) is 0.595. The predicted octanol–water partition coefficient (Wildman–Crippen LogP) is 2.19. The molecule has 130 valence electrons. The van der Waals surface area contributed by atoms with Crippen molar-refractivity contribution in [3.05, 3.63) is 58.9 Å². The number of carbonyl (C=O) groups excluding carboxylic acids is 1. The third kappa shape index (κ3) is 3.16. The van der Waals surface area contributed by atoms with E-state index in [9.17, 15) is 4.79 Å². The topological polar surface area (TPSA) is 98.0 Å². The maximum atomic E-state index is 12.4. The van der Waals surface area contributed by atoms with Gasteiger partial charge in [0.2, 0.25) is 0 Å². The van der Waals surface area contributed by atoms with Crippen molar-refractivity contribution in [1.82, 2.24) is 34.9 Å². The first-order chi connectivity index (χ1) is 12.6. The van der Waals surface area contributed by atoms with Gasteiger partial charge in [0.15, 0.2) is 5.65 Å². The van der Waals surface area contributed by atoms with Crippen molar-refractivity contribution in [2.45, 2.75) is 20.4 Å². The second-order valence-corrected chi connectivity index (χ2v) is 6.61. The lowest BCUT2D eigenvalue weighted by molar-refractivity contribution is 0.0945. The van der Waals surface area contributed by atoms with E-state index in [2.05, 4.69) is 30.4 Å². The van der Waals surface area contributed by atoms with Gasteiger partial charge in [-0.05, 0) is 19.9 Å². The molecule has 0 aromatic carbocycles. The highest BCUT2D eigenvalue weighted by Crippen LogP contribution is 2.20. The van der Waals surface area contributed by atoms with Gasteiger partial charge in [-0.25, -0.2) is 14.5 Å².